The Morgan fingerprint density at radius 2 is 2.10 bits per heavy atom. The summed E-state index contributed by atoms with van der Waals surface area (Å²) in [6.07, 6.45) is 0.663. The lowest BCUT2D eigenvalue weighted by Crippen LogP contribution is -2.35. The number of nitrogens with two attached hydrogens (primary N) is 1. The first-order valence-electron chi connectivity index (χ1n) is 6.09. The molecule has 0 aliphatic carbocycles. The Labute approximate surface area is 120 Å². The zero-order valence-corrected chi connectivity index (χ0v) is 12.2. The zero-order valence-electron chi connectivity index (χ0n) is 10.5. The van der Waals surface area contributed by atoms with Crippen LogP contribution in [-0.4, -0.2) is 19.3 Å². The van der Waals surface area contributed by atoms with Crippen LogP contribution in [0.15, 0.2) is 34.5 Å². The molecular weight excluding hydrogens is 299 g/mol. The van der Waals surface area contributed by atoms with Gasteiger partial charge in [-0.15, -0.1) is 11.3 Å². The number of anilines is 1. The van der Waals surface area contributed by atoms with Gasteiger partial charge in [0.1, 0.15) is 10.7 Å². The highest BCUT2D eigenvalue weighted by molar-refractivity contribution is 7.89. The van der Waals surface area contributed by atoms with Gasteiger partial charge in [-0.2, -0.15) is 4.31 Å². The highest BCUT2D eigenvalue weighted by atomic mass is 32.2. The van der Waals surface area contributed by atoms with Crippen molar-refractivity contribution in [1.29, 1.82) is 0 Å². The average molecular weight is 312 g/mol. The second-order valence-electron chi connectivity index (χ2n) is 4.65. The Hall–Kier alpha value is -1.44. The lowest BCUT2D eigenvalue weighted by atomic mass is 10.1. The fourth-order valence-electron chi connectivity index (χ4n) is 2.28. The van der Waals surface area contributed by atoms with Gasteiger partial charge in [0.05, 0.1) is 0 Å². The normalized spacial score (nSPS) is 16.1. The highest BCUT2D eigenvalue weighted by Crippen LogP contribution is 2.29. The Morgan fingerprint density at radius 1 is 1.30 bits per heavy atom. The van der Waals surface area contributed by atoms with E-state index in [0.717, 1.165) is 11.6 Å². The van der Waals surface area contributed by atoms with Gasteiger partial charge in [-0.25, -0.2) is 12.8 Å². The van der Waals surface area contributed by atoms with E-state index in [9.17, 15) is 12.8 Å². The van der Waals surface area contributed by atoms with E-state index in [1.165, 1.54) is 21.3 Å². The fourth-order valence-corrected chi connectivity index (χ4v) is 4.69. The predicted octanol–water partition coefficient (Wildman–Crippen LogP) is 2.22. The largest absolute Gasteiger partial charge is 0.399 e. The number of nitrogens with zero attached hydrogens (tertiary/aromatic N) is 1. The maximum absolute atomic E-state index is 13.8. The Kier molecular flexibility index (Phi) is 3.27. The van der Waals surface area contributed by atoms with Gasteiger partial charge in [-0.3, -0.25) is 0 Å². The molecule has 106 valence electrons. The molecule has 1 aliphatic heterocycles. The molecule has 0 spiro atoms. The molecule has 0 amide bonds. The highest BCUT2D eigenvalue weighted by Gasteiger charge is 2.31. The van der Waals surface area contributed by atoms with E-state index in [2.05, 4.69) is 0 Å². The van der Waals surface area contributed by atoms with Crippen LogP contribution in [0, 0.1) is 5.82 Å². The number of hydrogen-bond donors (Lipinski definition) is 1. The molecule has 0 radical (unpaired) electrons. The quantitative estimate of drug-likeness (QED) is 0.865. The van der Waals surface area contributed by atoms with Gasteiger partial charge in [0.2, 0.25) is 10.0 Å². The van der Waals surface area contributed by atoms with Crippen molar-refractivity contribution in [2.45, 2.75) is 17.9 Å². The van der Waals surface area contributed by atoms with Gasteiger partial charge in [-0.1, -0.05) is 0 Å². The van der Waals surface area contributed by atoms with E-state index in [1.54, 1.807) is 11.3 Å². The summed E-state index contributed by atoms with van der Waals surface area (Å²) < 4.78 is 40.2. The van der Waals surface area contributed by atoms with E-state index >= 15 is 0 Å². The van der Waals surface area contributed by atoms with Crippen molar-refractivity contribution in [2.75, 3.05) is 12.3 Å². The first-order valence-corrected chi connectivity index (χ1v) is 8.41. The Balaban J connectivity index is 1.99. The number of fused-ring (bicyclic) bond motifs is 1. The van der Waals surface area contributed by atoms with E-state index in [-0.39, 0.29) is 17.1 Å². The lowest BCUT2D eigenvalue weighted by Gasteiger charge is -2.26. The molecule has 0 saturated carbocycles. The first-order chi connectivity index (χ1) is 9.48. The van der Waals surface area contributed by atoms with E-state index < -0.39 is 15.8 Å². The van der Waals surface area contributed by atoms with Gasteiger partial charge in [0.25, 0.3) is 0 Å². The molecule has 1 aromatic heterocycles. The second kappa shape index (κ2) is 4.83. The maximum atomic E-state index is 13.8. The van der Waals surface area contributed by atoms with Crippen LogP contribution in [-0.2, 0) is 23.0 Å². The molecule has 0 atom stereocenters. The third-order valence-electron chi connectivity index (χ3n) is 3.35. The van der Waals surface area contributed by atoms with Crippen LogP contribution in [0.3, 0.4) is 0 Å². The van der Waals surface area contributed by atoms with Gasteiger partial charge < -0.3 is 5.73 Å². The summed E-state index contributed by atoms with van der Waals surface area (Å²) in [4.78, 5) is 0.848. The standard InChI is InChI=1S/C13H13FN2O2S2/c14-11-2-1-10(15)7-13(11)20(17,18)16-5-3-12-9(8-16)4-6-19-12/h1-2,4,6-7H,3,5,8,15H2. The third-order valence-corrected chi connectivity index (χ3v) is 6.23. The Morgan fingerprint density at radius 3 is 2.90 bits per heavy atom. The number of halogens is 1. The fraction of sp³-hybridized carbons (Fsp3) is 0.231. The minimum absolute atomic E-state index is 0.234. The summed E-state index contributed by atoms with van der Waals surface area (Å²) in [6, 6.07) is 5.52. The van der Waals surface area contributed by atoms with E-state index in [4.69, 9.17) is 5.73 Å². The summed E-state index contributed by atoms with van der Waals surface area (Å²) in [5, 5.41) is 1.95. The molecule has 0 unspecified atom stereocenters. The summed E-state index contributed by atoms with van der Waals surface area (Å²) in [6.45, 7) is 0.652. The molecule has 0 bridgehead atoms. The van der Waals surface area contributed by atoms with Crippen molar-refractivity contribution in [3.63, 3.8) is 0 Å². The molecule has 7 heteroatoms. The number of sulfonamides is 1. The van der Waals surface area contributed by atoms with Gasteiger partial charge in [0.15, 0.2) is 0 Å². The van der Waals surface area contributed by atoms with Crippen LogP contribution >= 0.6 is 11.3 Å². The minimum Gasteiger partial charge on any atom is -0.399 e. The van der Waals surface area contributed by atoms with Crippen molar-refractivity contribution >= 4 is 27.0 Å². The van der Waals surface area contributed by atoms with Crippen molar-refractivity contribution in [2.24, 2.45) is 0 Å². The van der Waals surface area contributed by atoms with Crippen LogP contribution in [0.25, 0.3) is 0 Å². The number of nitrogen functional groups attached to an aromatic ring is 1. The average Bonchev–Trinajstić information content (AvgIpc) is 2.88. The second-order valence-corrected chi connectivity index (χ2v) is 7.55. The number of thiophene rings is 1. The molecule has 0 fully saturated rings. The monoisotopic (exact) mass is 312 g/mol. The SMILES string of the molecule is Nc1ccc(F)c(S(=O)(=O)N2CCc3sccc3C2)c1. The van der Waals surface area contributed by atoms with E-state index in [0.29, 0.717) is 13.0 Å². The van der Waals surface area contributed by atoms with Crippen molar-refractivity contribution in [3.8, 4) is 0 Å². The molecule has 2 aromatic rings. The van der Waals surface area contributed by atoms with Crippen LogP contribution < -0.4 is 5.73 Å². The van der Waals surface area contributed by atoms with Crippen molar-refractivity contribution in [3.05, 3.63) is 45.9 Å². The molecule has 20 heavy (non-hydrogen) atoms. The molecule has 2 N–H and O–H groups in total. The topological polar surface area (TPSA) is 63.4 Å². The van der Waals surface area contributed by atoms with Crippen LogP contribution in [0.2, 0.25) is 0 Å². The number of rotatable bonds is 2. The summed E-state index contributed by atoms with van der Waals surface area (Å²) in [5.41, 5.74) is 6.79. The Bertz CT molecular complexity index is 755. The molecule has 3 rings (SSSR count). The van der Waals surface area contributed by atoms with Gasteiger partial charge in [-0.05, 0) is 41.6 Å². The van der Waals surface area contributed by atoms with E-state index in [1.807, 2.05) is 11.4 Å². The van der Waals surface area contributed by atoms with Crippen molar-refractivity contribution in [1.82, 2.24) is 4.31 Å². The predicted molar refractivity (Wildman–Crippen MR) is 76.4 cm³/mol. The zero-order chi connectivity index (χ0) is 14.3. The summed E-state index contributed by atoms with van der Waals surface area (Å²) in [5.74, 6) is -0.768. The molecule has 0 saturated heterocycles. The maximum Gasteiger partial charge on any atom is 0.246 e. The lowest BCUT2D eigenvalue weighted by molar-refractivity contribution is 0.391. The summed E-state index contributed by atoms with van der Waals surface area (Å²) in [7, 11) is -3.85. The molecule has 2 heterocycles. The third kappa shape index (κ3) is 2.21. The molecule has 4 nitrogen and oxygen atoms in total. The van der Waals surface area contributed by atoms with Crippen molar-refractivity contribution < 1.29 is 12.8 Å². The molecule has 1 aromatic carbocycles. The number of hydrogen-bond acceptors (Lipinski definition) is 4. The first kappa shape index (κ1) is 13.5. The van der Waals surface area contributed by atoms with Crippen LogP contribution in [0.5, 0.6) is 0 Å². The minimum atomic E-state index is -3.85. The van der Waals surface area contributed by atoms with Gasteiger partial charge in [0, 0.05) is 23.7 Å². The van der Waals surface area contributed by atoms with Gasteiger partial charge >= 0.3 is 0 Å². The van der Waals surface area contributed by atoms with Crippen LogP contribution in [0.4, 0.5) is 10.1 Å². The smallest absolute Gasteiger partial charge is 0.246 e. The van der Waals surface area contributed by atoms with Crippen LogP contribution in [0.1, 0.15) is 10.4 Å². The molecular formula is C13H13FN2O2S2. The molecule has 1 aliphatic rings. The number of benzene rings is 1. The summed E-state index contributed by atoms with van der Waals surface area (Å²) >= 11 is 1.62.